The second-order valence-corrected chi connectivity index (χ2v) is 9.13. The Hall–Kier alpha value is -3.31. The third-order valence-corrected chi connectivity index (χ3v) is 6.89. The third-order valence-electron chi connectivity index (χ3n) is 6.89. The Morgan fingerprint density at radius 2 is 1.70 bits per heavy atom. The maximum atomic E-state index is 13.7. The summed E-state index contributed by atoms with van der Waals surface area (Å²) in [5.41, 5.74) is 0.149. The fourth-order valence-electron chi connectivity index (χ4n) is 5.03. The molecule has 2 aromatic rings. The number of alkyl halides is 3. The number of benzene rings is 2. The van der Waals surface area contributed by atoms with Crippen molar-refractivity contribution in [3.8, 4) is 11.5 Å². The van der Waals surface area contributed by atoms with Gasteiger partial charge >= 0.3 is 12.4 Å². The molecule has 2 fully saturated rings. The van der Waals surface area contributed by atoms with Crippen LogP contribution < -0.4 is 9.47 Å². The lowest BCUT2D eigenvalue weighted by molar-refractivity contribution is -0.275. The van der Waals surface area contributed by atoms with Crippen LogP contribution in [-0.2, 0) is 22.6 Å². The molecule has 8 nitrogen and oxygen atoms in total. The van der Waals surface area contributed by atoms with Gasteiger partial charge in [-0.3, -0.25) is 14.6 Å². The summed E-state index contributed by atoms with van der Waals surface area (Å²) in [5.74, 6) is 0.121. The number of urea groups is 1. The Kier molecular flexibility index (Phi) is 7.93. The number of amides is 3. The highest BCUT2D eigenvalue weighted by Crippen LogP contribution is 2.39. The number of para-hydroxylation sites is 1. The minimum absolute atomic E-state index is 0.117. The van der Waals surface area contributed by atoms with Gasteiger partial charge in [0.2, 0.25) is 0 Å². The Morgan fingerprint density at radius 3 is 2.38 bits per heavy atom. The second kappa shape index (κ2) is 11.0. The number of rotatable bonds is 9. The zero-order chi connectivity index (χ0) is 26.6. The van der Waals surface area contributed by atoms with E-state index in [1.807, 2.05) is 11.0 Å². The number of hydrogen-bond donors (Lipinski definition) is 0. The van der Waals surface area contributed by atoms with Crippen molar-refractivity contribution in [3.05, 3.63) is 59.7 Å². The number of carbonyl (C=O) groups excluding carboxylic acids is 2. The van der Waals surface area contributed by atoms with E-state index in [-0.39, 0.29) is 43.9 Å². The van der Waals surface area contributed by atoms with Crippen molar-refractivity contribution in [2.45, 2.75) is 37.8 Å². The van der Waals surface area contributed by atoms with E-state index in [4.69, 9.17) is 9.47 Å². The first-order chi connectivity index (χ1) is 17.7. The summed E-state index contributed by atoms with van der Waals surface area (Å²) in [6.07, 6.45) is -4.07. The van der Waals surface area contributed by atoms with E-state index in [1.165, 1.54) is 24.1 Å². The summed E-state index contributed by atoms with van der Waals surface area (Å²) in [4.78, 5) is 32.0. The average Bonchev–Trinajstić information content (AvgIpc) is 3.05. The monoisotopic (exact) mass is 521 g/mol. The van der Waals surface area contributed by atoms with Gasteiger partial charge in [0.1, 0.15) is 17.0 Å². The highest BCUT2D eigenvalue weighted by Gasteiger charge is 2.57. The predicted molar refractivity (Wildman–Crippen MR) is 128 cm³/mol. The molecule has 1 spiro atoms. The summed E-state index contributed by atoms with van der Waals surface area (Å²) >= 11 is 0. The van der Waals surface area contributed by atoms with E-state index >= 15 is 0 Å². The number of nitrogens with zero attached hydrogens (tertiary/aromatic N) is 3. The molecule has 0 saturated carbocycles. The van der Waals surface area contributed by atoms with Gasteiger partial charge in [-0.15, -0.1) is 13.2 Å². The third kappa shape index (κ3) is 5.83. The van der Waals surface area contributed by atoms with E-state index in [2.05, 4.69) is 4.74 Å². The van der Waals surface area contributed by atoms with Gasteiger partial charge < -0.3 is 19.1 Å². The van der Waals surface area contributed by atoms with Gasteiger partial charge in [-0.05, 0) is 36.6 Å². The van der Waals surface area contributed by atoms with Crippen LogP contribution in [0.3, 0.4) is 0 Å². The molecule has 0 atom stereocenters. The van der Waals surface area contributed by atoms with Crippen LogP contribution in [0.25, 0.3) is 0 Å². The molecule has 0 N–H and O–H groups in total. The minimum atomic E-state index is -4.78. The highest BCUT2D eigenvalue weighted by molar-refractivity contribution is 6.07. The van der Waals surface area contributed by atoms with E-state index in [0.29, 0.717) is 37.2 Å². The molecule has 0 aliphatic carbocycles. The van der Waals surface area contributed by atoms with Gasteiger partial charge in [-0.25, -0.2) is 4.79 Å². The van der Waals surface area contributed by atoms with Crippen molar-refractivity contribution < 1.29 is 37.0 Å². The topological polar surface area (TPSA) is 71.6 Å². The number of likely N-dealkylation sites (tertiary alicyclic amines) is 1. The number of carbonyl (C=O) groups is 2. The summed E-state index contributed by atoms with van der Waals surface area (Å²) in [5, 5.41) is 0. The van der Waals surface area contributed by atoms with Crippen LogP contribution in [0.1, 0.15) is 24.0 Å². The van der Waals surface area contributed by atoms with Crippen molar-refractivity contribution in [2.24, 2.45) is 0 Å². The van der Waals surface area contributed by atoms with Crippen molar-refractivity contribution in [2.75, 3.05) is 40.5 Å². The van der Waals surface area contributed by atoms with Crippen LogP contribution >= 0.6 is 0 Å². The number of piperidine rings is 1. The van der Waals surface area contributed by atoms with Gasteiger partial charge in [0.25, 0.3) is 5.91 Å². The first-order valence-electron chi connectivity index (χ1n) is 12.0. The van der Waals surface area contributed by atoms with Crippen LogP contribution in [0.2, 0.25) is 0 Å². The van der Waals surface area contributed by atoms with Crippen molar-refractivity contribution in [3.63, 3.8) is 0 Å². The molecule has 37 heavy (non-hydrogen) atoms. The smallest absolute Gasteiger partial charge is 0.497 e. The number of halogens is 3. The first-order valence-corrected chi connectivity index (χ1v) is 12.0. The van der Waals surface area contributed by atoms with Crippen LogP contribution in [0.4, 0.5) is 18.0 Å². The molecule has 200 valence electrons. The molecule has 0 radical (unpaired) electrons. The minimum Gasteiger partial charge on any atom is -0.497 e. The normalized spacial score (nSPS) is 18.1. The predicted octanol–water partition coefficient (Wildman–Crippen LogP) is 4.04. The quantitative estimate of drug-likeness (QED) is 0.464. The van der Waals surface area contributed by atoms with Crippen LogP contribution in [0, 0.1) is 0 Å². The largest absolute Gasteiger partial charge is 0.573 e. The number of hydrogen-bond acceptors (Lipinski definition) is 6. The fraction of sp³-hybridized carbons (Fsp3) is 0.462. The summed E-state index contributed by atoms with van der Waals surface area (Å²) in [6, 6.07) is 12.9. The highest BCUT2D eigenvalue weighted by atomic mass is 19.4. The number of imide groups is 1. The van der Waals surface area contributed by atoms with E-state index in [0.717, 1.165) is 5.56 Å². The molecule has 0 unspecified atom stereocenters. The van der Waals surface area contributed by atoms with Crippen LogP contribution in [0.5, 0.6) is 11.5 Å². The molecule has 4 rings (SSSR count). The number of methoxy groups -OCH3 is 2. The Balaban J connectivity index is 1.50. The molecular weight excluding hydrogens is 491 g/mol. The van der Waals surface area contributed by atoms with Gasteiger partial charge in [0.15, 0.2) is 0 Å². The standard InChI is InChI=1S/C26H30F3N3O5/c1-35-15-14-32-24(34)31(17-19-6-5-8-21(16-19)36-2)23(33)25(32)10-12-30(13-11-25)18-20-7-3-4-9-22(20)37-26(27,28)29/h3-9,16H,10-15,17-18H2,1-2H3. The molecule has 2 saturated heterocycles. The van der Waals surface area contributed by atoms with Gasteiger partial charge in [0, 0.05) is 38.9 Å². The average molecular weight is 522 g/mol. The lowest BCUT2D eigenvalue weighted by atomic mass is 9.85. The second-order valence-electron chi connectivity index (χ2n) is 9.13. The van der Waals surface area contributed by atoms with Gasteiger partial charge in [0.05, 0.1) is 20.3 Å². The molecule has 11 heteroatoms. The summed E-state index contributed by atoms with van der Waals surface area (Å²) in [6.45, 7) is 1.74. The zero-order valence-corrected chi connectivity index (χ0v) is 20.8. The SMILES string of the molecule is COCCN1C(=O)N(Cc2cccc(OC)c2)C(=O)C12CCN(Cc1ccccc1OC(F)(F)F)CC2. The fourth-order valence-corrected chi connectivity index (χ4v) is 5.03. The molecule has 2 aliphatic heterocycles. The maximum absolute atomic E-state index is 13.7. The summed E-state index contributed by atoms with van der Waals surface area (Å²) in [7, 11) is 3.08. The molecule has 2 aromatic carbocycles. The zero-order valence-electron chi connectivity index (χ0n) is 20.8. The maximum Gasteiger partial charge on any atom is 0.573 e. The Labute approximate surface area is 213 Å². The van der Waals surface area contributed by atoms with Gasteiger partial charge in [-0.1, -0.05) is 30.3 Å². The number of ether oxygens (including phenoxy) is 3. The van der Waals surface area contributed by atoms with Gasteiger partial charge in [-0.2, -0.15) is 0 Å². The Morgan fingerprint density at radius 1 is 0.973 bits per heavy atom. The van der Waals surface area contributed by atoms with Crippen molar-refractivity contribution in [1.29, 1.82) is 0 Å². The Bertz CT molecular complexity index is 1120. The summed E-state index contributed by atoms with van der Waals surface area (Å²) < 4.78 is 53.1. The first kappa shape index (κ1) is 26.7. The molecule has 0 bridgehead atoms. The molecule has 2 aliphatic rings. The van der Waals surface area contributed by atoms with Crippen molar-refractivity contribution in [1.82, 2.24) is 14.7 Å². The molecule has 3 amide bonds. The van der Waals surface area contributed by atoms with E-state index in [9.17, 15) is 22.8 Å². The van der Waals surface area contributed by atoms with Crippen LogP contribution in [0.15, 0.2) is 48.5 Å². The van der Waals surface area contributed by atoms with Crippen molar-refractivity contribution >= 4 is 11.9 Å². The molecule has 0 aromatic heterocycles. The lowest BCUT2D eigenvalue weighted by Gasteiger charge is -2.42. The van der Waals surface area contributed by atoms with E-state index < -0.39 is 11.9 Å². The molecular formula is C26H30F3N3O5. The van der Waals surface area contributed by atoms with Crippen LogP contribution in [-0.4, -0.2) is 79.0 Å². The molecule has 2 heterocycles. The van der Waals surface area contributed by atoms with E-state index in [1.54, 1.807) is 42.3 Å². The lowest BCUT2D eigenvalue weighted by Crippen LogP contribution is -2.57.